The van der Waals surface area contributed by atoms with Crippen LogP contribution < -0.4 is 5.32 Å². The van der Waals surface area contributed by atoms with Crippen molar-refractivity contribution in [3.63, 3.8) is 0 Å². The predicted molar refractivity (Wildman–Crippen MR) is 85.7 cm³/mol. The first-order valence-corrected chi connectivity index (χ1v) is 7.80. The molecule has 0 bridgehead atoms. The lowest BCUT2D eigenvalue weighted by molar-refractivity contribution is 0.0288. The summed E-state index contributed by atoms with van der Waals surface area (Å²) >= 11 is 0. The molecule has 0 aromatic heterocycles. The minimum Gasteiger partial charge on any atom is -0.508 e. The van der Waals surface area contributed by atoms with Gasteiger partial charge in [0.1, 0.15) is 11.4 Å². The van der Waals surface area contributed by atoms with Crippen molar-refractivity contribution in [2.24, 2.45) is 5.92 Å². The predicted octanol–water partition coefficient (Wildman–Crippen LogP) is 2.74. The highest BCUT2D eigenvalue weighted by atomic mass is 16.6. The minimum atomic E-state index is -0.446. The molecular formula is C17H26N2O3. The number of benzene rings is 1. The second-order valence-corrected chi connectivity index (χ2v) is 6.84. The van der Waals surface area contributed by atoms with Crippen LogP contribution in [-0.4, -0.2) is 41.3 Å². The Labute approximate surface area is 132 Å². The molecule has 1 atom stereocenters. The number of aromatic hydroxyl groups is 1. The van der Waals surface area contributed by atoms with Gasteiger partial charge in [0.05, 0.1) is 0 Å². The van der Waals surface area contributed by atoms with Crippen molar-refractivity contribution in [2.75, 3.05) is 19.6 Å². The lowest BCUT2D eigenvalue weighted by Crippen LogP contribution is -2.36. The summed E-state index contributed by atoms with van der Waals surface area (Å²) in [5.74, 6) is 0.746. The zero-order chi connectivity index (χ0) is 16.2. The number of hydrogen-bond acceptors (Lipinski definition) is 4. The zero-order valence-electron chi connectivity index (χ0n) is 13.6. The lowest BCUT2D eigenvalue weighted by atomic mass is 10.1. The van der Waals surface area contributed by atoms with Crippen molar-refractivity contribution in [1.29, 1.82) is 0 Å². The number of likely N-dealkylation sites (tertiary alicyclic amines) is 1. The first kappa shape index (κ1) is 16.6. The van der Waals surface area contributed by atoms with Gasteiger partial charge in [-0.2, -0.15) is 0 Å². The second kappa shape index (κ2) is 7.01. The van der Waals surface area contributed by atoms with Crippen molar-refractivity contribution in [2.45, 2.75) is 39.3 Å². The van der Waals surface area contributed by atoms with Crippen LogP contribution in [0, 0.1) is 5.92 Å². The molecule has 5 heteroatoms. The molecule has 1 heterocycles. The number of ether oxygens (including phenoxy) is 1. The van der Waals surface area contributed by atoms with Gasteiger partial charge < -0.3 is 20.1 Å². The Bertz CT molecular complexity index is 511. The third-order valence-corrected chi connectivity index (χ3v) is 3.68. The number of amides is 1. The Morgan fingerprint density at radius 2 is 2.14 bits per heavy atom. The van der Waals surface area contributed by atoms with Crippen LogP contribution in [-0.2, 0) is 11.3 Å². The van der Waals surface area contributed by atoms with Crippen molar-refractivity contribution in [1.82, 2.24) is 10.2 Å². The van der Waals surface area contributed by atoms with E-state index >= 15 is 0 Å². The number of rotatable bonds is 4. The molecule has 122 valence electrons. The summed E-state index contributed by atoms with van der Waals surface area (Å²) < 4.78 is 5.39. The Kier molecular flexibility index (Phi) is 5.29. The van der Waals surface area contributed by atoms with Crippen LogP contribution in [0.5, 0.6) is 5.75 Å². The summed E-state index contributed by atoms with van der Waals surface area (Å²) in [5, 5.41) is 13.1. The lowest BCUT2D eigenvalue weighted by Gasteiger charge is -2.24. The fourth-order valence-corrected chi connectivity index (χ4v) is 2.56. The third-order valence-electron chi connectivity index (χ3n) is 3.68. The fourth-order valence-electron chi connectivity index (χ4n) is 2.56. The first-order valence-electron chi connectivity index (χ1n) is 7.80. The molecule has 0 spiro atoms. The fraction of sp³-hybridized carbons (Fsp3) is 0.588. The van der Waals surface area contributed by atoms with Crippen molar-refractivity contribution < 1.29 is 14.6 Å². The Morgan fingerprint density at radius 3 is 2.82 bits per heavy atom. The largest absolute Gasteiger partial charge is 0.508 e. The van der Waals surface area contributed by atoms with E-state index in [0.717, 1.165) is 31.6 Å². The Morgan fingerprint density at radius 1 is 1.41 bits per heavy atom. The number of nitrogens with zero attached hydrogens (tertiary/aromatic N) is 1. The van der Waals surface area contributed by atoms with E-state index in [2.05, 4.69) is 5.32 Å². The summed E-state index contributed by atoms with van der Waals surface area (Å²) in [4.78, 5) is 13.8. The van der Waals surface area contributed by atoms with E-state index < -0.39 is 5.60 Å². The highest BCUT2D eigenvalue weighted by Crippen LogP contribution is 2.20. The van der Waals surface area contributed by atoms with Gasteiger partial charge in [0.2, 0.25) is 0 Å². The Balaban J connectivity index is 1.73. The molecule has 5 nitrogen and oxygen atoms in total. The molecule has 0 radical (unpaired) electrons. The van der Waals surface area contributed by atoms with Crippen molar-refractivity contribution in [3.8, 4) is 5.75 Å². The van der Waals surface area contributed by atoms with Gasteiger partial charge in [-0.1, -0.05) is 18.2 Å². The van der Waals surface area contributed by atoms with Crippen LogP contribution in [0.25, 0.3) is 0 Å². The van der Waals surface area contributed by atoms with E-state index in [1.54, 1.807) is 11.0 Å². The van der Waals surface area contributed by atoms with Gasteiger partial charge in [0, 0.05) is 31.7 Å². The molecule has 22 heavy (non-hydrogen) atoms. The molecule has 1 fully saturated rings. The maximum absolute atomic E-state index is 12.0. The number of hydrogen-bond donors (Lipinski definition) is 2. The van der Waals surface area contributed by atoms with Gasteiger partial charge in [-0.15, -0.1) is 0 Å². The average Bonchev–Trinajstić information content (AvgIpc) is 2.88. The van der Waals surface area contributed by atoms with Gasteiger partial charge in [0.15, 0.2) is 0 Å². The smallest absolute Gasteiger partial charge is 0.410 e. The van der Waals surface area contributed by atoms with Gasteiger partial charge in [-0.05, 0) is 39.2 Å². The molecule has 1 saturated heterocycles. The van der Waals surface area contributed by atoms with Crippen LogP contribution in [0.15, 0.2) is 24.3 Å². The normalized spacial score (nSPS) is 18.5. The quantitative estimate of drug-likeness (QED) is 0.898. The SMILES string of the molecule is CC(C)(C)OC(=O)N1CCC(CNCc2ccccc2O)C1. The molecule has 1 aliphatic rings. The monoisotopic (exact) mass is 306 g/mol. The van der Waals surface area contributed by atoms with Gasteiger partial charge in [0.25, 0.3) is 0 Å². The molecule has 1 unspecified atom stereocenters. The van der Waals surface area contributed by atoms with Crippen LogP contribution in [0.4, 0.5) is 4.79 Å². The summed E-state index contributed by atoms with van der Waals surface area (Å²) in [6.07, 6.45) is 0.753. The van der Waals surface area contributed by atoms with Crippen molar-refractivity contribution in [3.05, 3.63) is 29.8 Å². The highest BCUT2D eigenvalue weighted by molar-refractivity contribution is 5.68. The minimum absolute atomic E-state index is 0.226. The summed E-state index contributed by atoms with van der Waals surface area (Å²) in [7, 11) is 0. The Hall–Kier alpha value is -1.75. The maximum Gasteiger partial charge on any atom is 0.410 e. The third kappa shape index (κ3) is 4.91. The van der Waals surface area contributed by atoms with Crippen LogP contribution in [0.2, 0.25) is 0 Å². The van der Waals surface area contributed by atoms with E-state index in [1.807, 2.05) is 39.0 Å². The summed E-state index contributed by atoms with van der Waals surface area (Å²) in [5.41, 5.74) is 0.447. The van der Waals surface area contributed by atoms with E-state index in [0.29, 0.717) is 18.2 Å². The topological polar surface area (TPSA) is 61.8 Å². The molecule has 1 aromatic rings. The molecule has 2 rings (SSSR count). The van der Waals surface area contributed by atoms with Crippen LogP contribution >= 0.6 is 0 Å². The standard InChI is InChI=1S/C17H26N2O3/c1-17(2,3)22-16(21)19-9-8-13(12-19)10-18-11-14-6-4-5-7-15(14)20/h4-7,13,18,20H,8-12H2,1-3H3. The number of phenols is 1. The molecular weight excluding hydrogens is 280 g/mol. The summed E-state index contributed by atoms with van der Waals surface area (Å²) in [6.45, 7) is 8.58. The molecule has 1 amide bonds. The van der Waals surface area contributed by atoms with E-state index in [1.165, 1.54) is 0 Å². The van der Waals surface area contributed by atoms with Gasteiger partial charge in [-0.3, -0.25) is 0 Å². The first-order chi connectivity index (χ1) is 10.3. The van der Waals surface area contributed by atoms with E-state index in [4.69, 9.17) is 4.74 Å². The number of phenolic OH excluding ortho intramolecular Hbond substituents is 1. The molecule has 0 saturated carbocycles. The second-order valence-electron chi connectivity index (χ2n) is 6.84. The maximum atomic E-state index is 12.0. The number of carbonyl (C=O) groups is 1. The zero-order valence-corrected chi connectivity index (χ0v) is 13.6. The molecule has 2 N–H and O–H groups in total. The van der Waals surface area contributed by atoms with Crippen molar-refractivity contribution >= 4 is 6.09 Å². The van der Waals surface area contributed by atoms with Gasteiger partial charge >= 0.3 is 6.09 Å². The van der Waals surface area contributed by atoms with E-state index in [9.17, 15) is 9.90 Å². The van der Waals surface area contributed by atoms with Crippen LogP contribution in [0.1, 0.15) is 32.8 Å². The molecule has 0 aliphatic carbocycles. The van der Waals surface area contributed by atoms with Gasteiger partial charge in [-0.25, -0.2) is 4.79 Å². The molecule has 1 aliphatic heterocycles. The number of nitrogens with one attached hydrogen (secondary N) is 1. The van der Waals surface area contributed by atoms with Crippen LogP contribution in [0.3, 0.4) is 0 Å². The number of carbonyl (C=O) groups excluding carboxylic acids is 1. The highest BCUT2D eigenvalue weighted by Gasteiger charge is 2.29. The van der Waals surface area contributed by atoms with E-state index in [-0.39, 0.29) is 6.09 Å². The number of para-hydroxylation sites is 1. The summed E-state index contributed by atoms with van der Waals surface area (Å²) in [6, 6.07) is 7.33. The average molecular weight is 306 g/mol. The molecule has 1 aromatic carbocycles.